The zero-order valence-electron chi connectivity index (χ0n) is 15.9. The number of nitrogens with one attached hydrogen (secondary N) is 1. The van der Waals surface area contributed by atoms with Crippen LogP contribution in [0.25, 0.3) is 5.69 Å². The van der Waals surface area contributed by atoms with Crippen molar-refractivity contribution in [2.75, 3.05) is 13.1 Å². The summed E-state index contributed by atoms with van der Waals surface area (Å²) >= 11 is 0. The molecule has 0 aliphatic carbocycles. The van der Waals surface area contributed by atoms with E-state index < -0.39 is 0 Å². The first-order chi connectivity index (χ1) is 13.6. The molecule has 1 amide bonds. The Morgan fingerprint density at radius 1 is 1.21 bits per heavy atom. The average molecular weight is 380 g/mol. The van der Waals surface area contributed by atoms with Crippen molar-refractivity contribution in [2.24, 2.45) is 7.05 Å². The number of amides is 1. The van der Waals surface area contributed by atoms with Gasteiger partial charge in [-0.2, -0.15) is 10.2 Å². The fourth-order valence-electron chi connectivity index (χ4n) is 3.81. The summed E-state index contributed by atoms with van der Waals surface area (Å²) in [6.07, 6.45) is 6.55. The Morgan fingerprint density at radius 3 is 2.64 bits per heavy atom. The highest BCUT2D eigenvalue weighted by molar-refractivity contribution is 5.76. The van der Waals surface area contributed by atoms with Gasteiger partial charge in [0, 0.05) is 38.7 Å². The molecule has 0 saturated carbocycles. The molecule has 1 saturated heterocycles. The Hall–Kier alpha value is -3.16. The number of hydrogen-bond donors (Lipinski definition) is 1. The third-order valence-electron chi connectivity index (χ3n) is 5.31. The van der Waals surface area contributed by atoms with E-state index in [1.807, 2.05) is 48.5 Å². The van der Waals surface area contributed by atoms with E-state index in [0.717, 1.165) is 29.9 Å². The quantitative estimate of drug-likeness (QED) is 0.729. The molecule has 1 fully saturated rings. The largest absolute Gasteiger partial charge is 0.347 e. The van der Waals surface area contributed by atoms with Gasteiger partial charge in [0.05, 0.1) is 11.9 Å². The Morgan fingerprint density at radius 2 is 1.96 bits per heavy atom. The lowest BCUT2D eigenvalue weighted by Crippen LogP contribution is -2.38. The van der Waals surface area contributed by atoms with Gasteiger partial charge in [-0.1, -0.05) is 18.2 Å². The van der Waals surface area contributed by atoms with Crippen LogP contribution in [0.15, 0.2) is 47.5 Å². The van der Waals surface area contributed by atoms with Crippen molar-refractivity contribution < 1.29 is 4.79 Å². The first kappa shape index (κ1) is 18.2. The van der Waals surface area contributed by atoms with Crippen molar-refractivity contribution >= 4 is 5.91 Å². The van der Waals surface area contributed by atoms with Gasteiger partial charge in [-0.3, -0.25) is 9.48 Å². The van der Waals surface area contributed by atoms with Crippen LogP contribution in [0.1, 0.15) is 36.6 Å². The molecular formula is C20H24N6O2. The number of rotatable bonds is 5. The Balaban J connectivity index is 1.38. The molecule has 0 unspecified atom stereocenters. The summed E-state index contributed by atoms with van der Waals surface area (Å²) in [5.74, 6) is 1.07. The molecule has 1 aliphatic rings. The molecule has 0 bridgehead atoms. The van der Waals surface area contributed by atoms with Gasteiger partial charge in [-0.15, -0.1) is 0 Å². The standard InChI is InChI=1S/C20H24N6O2/c1-24-14-15(13-21-24)7-8-18(27)25-11-9-16(10-12-25)19-22-23-20(28)26(19)17-5-3-2-4-6-17/h2-6,13-14,16H,7-12H2,1H3,(H,23,28). The summed E-state index contributed by atoms with van der Waals surface area (Å²) in [6.45, 7) is 1.37. The van der Waals surface area contributed by atoms with Gasteiger partial charge < -0.3 is 4.90 Å². The second-order valence-corrected chi connectivity index (χ2v) is 7.24. The summed E-state index contributed by atoms with van der Waals surface area (Å²) in [4.78, 5) is 26.7. The molecule has 8 nitrogen and oxygen atoms in total. The minimum atomic E-state index is -0.226. The Kier molecular flexibility index (Phi) is 5.10. The number of nitrogens with zero attached hydrogens (tertiary/aromatic N) is 5. The summed E-state index contributed by atoms with van der Waals surface area (Å²) in [5.41, 5.74) is 1.66. The van der Waals surface area contributed by atoms with Crippen LogP contribution in [-0.2, 0) is 18.3 Å². The number of carbonyl (C=O) groups excluding carboxylic acids is 1. The number of aryl methyl sites for hydroxylation is 2. The van der Waals surface area contributed by atoms with E-state index in [4.69, 9.17) is 0 Å². The molecule has 0 radical (unpaired) electrons. The molecule has 3 heterocycles. The van der Waals surface area contributed by atoms with Gasteiger partial charge in [0.15, 0.2) is 0 Å². The first-order valence-electron chi connectivity index (χ1n) is 9.60. The number of aromatic nitrogens is 5. The number of benzene rings is 1. The molecule has 1 N–H and O–H groups in total. The molecule has 1 aromatic carbocycles. The molecule has 0 spiro atoms. The molecule has 3 aromatic rings. The lowest BCUT2D eigenvalue weighted by atomic mass is 9.95. The fourth-order valence-corrected chi connectivity index (χ4v) is 3.81. The van der Waals surface area contributed by atoms with E-state index in [9.17, 15) is 9.59 Å². The molecule has 2 aromatic heterocycles. The van der Waals surface area contributed by atoms with Gasteiger partial charge in [-0.05, 0) is 37.0 Å². The predicted octanol–water partition coefficient (Wildman–Crippen LogP) is 1.63. The van der Waals surface area contributed by atoms with Crippen LogP contribution in [0.4, 0.5) is 0 Å². The van der Waals surface area contributed by atoms with Crippen LogP contribution in [-0.4, -0.2) is 48.4 Å². The summed E-state index contributed by atoms with van der Waals surface area (Å²) in [6, 6.07) is 9.53. The molecule has 28 heavy (non-hydrogen) atoms. The van der Waals surface area contributed by atoms with Crippen molar-refractivity contribution in [2.45, 2.75) is 31.6 Å². The zero-order chi connectivity index (χ0) is 19.5. The highest BCUT2D eigenvalue weighted by atomic mass is 16.2. The normalized spacial score (nSPS) is 15.1. The van der Waals surface area contributed by atoms with Crippen molar-refractivity contribution in [3.63, 3.8) is 0 Å². The third-order valence-corrected chi connectivity index (χ3v) is 5.31. The first-order valence-corrected chi connectivity index (χ1v) is 9.60. The summed E-state index contributed by atoms with van der Waals surface area (Å²) in [5, 5.41) is 11.0. The van der Waals surface area contributed by atoms with Crippen LogP contribution in [0.2, 0.25) is 0 Å². The van der Waals surface area contributed by atoms with Crippen LogP contribution >= 0.6 is 0 Å². The lowest BCUT2D eigenvalue weighted by Gasteiger charge is -2.31. The van der Waals surface area contributed by atoms with Crippen molar-refractivity contribution in [3.05, 3.63) is 64.6 Å². The van der Waals surface area contributed by atoms with Crippen molar-refractivity contribution in [1.82, 2.24) is 29.4 Å². The van der Waals surface area contributed by atoms with Crippen LogP contribution in [0.3, 0.4) is 0 Å². The minimum Gasteiger partial charge on any atom is -0.343 e. The zero-order valence-corrected chi connectivity index (χ0v) is 15.9. The van der Waals surface area contributed by atoms with Gasteiger partial charge in [0.2, 0.25) is 5.91 Å². The second kappa shape index (κ2) is 7.84. The van der Waals surface area contributed by atoms with E-state index in [1.165, 1.54) is 0 Å². The number of para-hydroxylation sites is 1. The van der Waals surface area contributed by atoms with E-state index in [1.54, 1.807) is 15.4 Å². The van der Waals surface area contributed by atoms with Crippen LogP contribution in [0.5, 0.6) is 0 Å². The predicted molar refractivity (Wildman–Crippen MR) is 104 cm³/mol. The second-order valence-electron chi connectivity index (χ2n) is 7.24. The summed E-state index contributed by atoms with van der Waals surface area (Å²) in [7, 11) is 1.88. The maximum Gasteiger partial charge on any atom is 0.347 e. The number of carbonyl (C=O) groups is 1. The molecule has 0 atom stereocenters. The van der Waals surface area contributed by atoms with Gasteiger partial charge in [0.1, 0.15) is 5.82 Å². The maximum atomic E-state index is 12.5. The summed E-state index contributed by atoms with van der Waals surface area (Å²) < 4.78 is 3.39. The van der Waals surface area contributed by atoms with E-state index in [2.05, 4.69) is 15.3 Å². The molecule has 146 valence electrons. The topological polar surface area (TPSA) is 88.8 Å². The van der Waals surface area contributed by atoms with E-state index >= 15 is 0 Å². The highest BCUT2D eigenvalue weighted by Crippen LogP contribution is 2.27. The maximum absolute atomic E-state index is 12.5. The van der Waals surface area contributed by atoms with E-state index in [-0.39, 0.29) is 17.5 Å². The Labute approximate surface area is 162 Å². The van der Waals surface area contributed by atoms with Crippen LogP contribution in [0, 0.1) is 0 Å². The average Bonchev–Trinajstić information content (AvgIpc) is 3.32. The van der Waals surface area contributed by atoms with Gasteiger partial charge in [-0.25, -0.2) is 14.5 Å². The molecule has 4 rings (SSSR count). The third kappa shape index (κ3) is 3.76. The van der Waals surface area contributed by atoms with Gasteiger partial charge in [0.25, 0.3) is 0 Å². The monoisotopic (exact) mass is 380 g/mol. The minimum absolute atomic E-state index is 0.154. The van der Waals surface area contributed by atoms with E-state index in [0.29, 0.717) is 25.9 Å². The van der Waals surface area contributed by atoms with Crippen molar-refractivity contribution in [1.29, 1.82) is 0 Å². The molecule has 8 heteroatoms. The lowest BCUT2D eigenvalue weighted by molar-refractivity contribution is -0.132. The fraction of sp³-hybridized carbons (Fsp3) is 0.400. The smallest absolute Gasteiger partial charge is 0.343 e. The van der Waals surface area contributed by atoms with Crippen molar-refractivity contribution in [3.8, 4) is 5.69 Å². The number of piperidine rings is 1. The number of likely N-dealkylation sites (tertiary alicyclic amines) is 1. The number of H-pyrrole nitrogens is 1. The molecule has 1 aliphatic heterocycles. The number of aromatic amines is 1. The van der Waals surface area contributed by atoms with Crippen LogP contribution < -0.4 is 5.69 Å². The highest BCUT2D eigenvalue weighted by Gasteiger charge is 2.27. The molecular weight excluding hydrogens is 356 g/mol. The Bertz CT molecular complexity index is 995. The van der Waals surface area contributed by atoms with Gasteiger partial charge >= 0.3 is 5.69 Å². The SMILES string of the molecule is Cn1cc(CCC(=O)N2CCC(c3n[nH]c(=O)n3-c3ccccc3)CC2)cn1. The number of hydrogen-bond acceptors (Lipinski definition) is 4.